The molecule has 0 aliphatic rings. The molecule has 4 rings (SSSR count). The quantitative estimate of drug-likeness (QED) is 0.614. The first-order valence-corrected chi connectivity index (χ1v) is 7.09. The number of hydrogen-bond acceptors (Lipinski definition) is 6. The summed E-state index contributed by atoms with van der Waals surface area (Å²) >= 11 is 0. The molecule has 0 aliphatic carbocycles. The lowest BCUT2D eigenvalue weighted by Gasteiger charge is -2.06. The van der Waals surface area contributed by atoms with Crippen LogP contribution in [0.5, 0.6) is 0 Å². The molecular weight excluding hydrogens is 294 g/mol. The van der Waals surface area contributed by atoms with Crippen LogP contribution in [0.25, 0.3) is 27.9 Å². The van der Waals surface area contributed by atoms with E-state index in [1.54, 1.807) is 22.5 Å². The maximum Gasteiger partial charge on any atom is 0.223 e. The average molecular weight is 309 g/mol. The van der Waals surface area contributed by atoms with E-state index in [0.717, 1.165) is 22.0 Å². The van der Waals surface area contributed by atoms with Crippen molar-refractivity contribution in [1.82, 2.24) is 29.4 Å². The summed E-state index contributed by atoms with van der Waals surface area (Å²) in [4.78, 5) is 9.10. The zero-order valence-electron chi connectivity index (χ0n) is 12.8. The van der Waals surface area contributed by atoms with Crippen LogP contribution in [-0.4, -0.2) is 36.5 Å². The number of nitrogens with zero attached hydrogens (tertiary/aromatic N) is 6. The maximum absolute atomic E-state index is 6.07. The van der Waals surface area contributed by atoms with Crippen molar-refractivity contribution in [2.45, 2.75) is 6.61 Å². The molecule has 0 aliphatic heterocycles. The van der Waals surface area contributed by atoms with Gasteiger partial charge in [0.15, 0.2) is 11.5 Å². The fourth-order valence-corrected chi connectivity index (χ4v) is 2.64. The molecule has 0 spiro atoms. The Kier molecular flexibility index (Phi) is 2.98. The molecule has 0 atom stereocenters. The van der Waals surface area contributed by atoms with Gasteiger partial charge in [-0.25, -0.2) is 9.97 Å². The summed E-state index contributed by atoms with van der Waals surface area (Å²) in [6, 6.07) is 5.87. The molecular formula is C15H15N7O. The number of nitrogen functional groups attached to an aromatic ring is 1. The second-order valence-electron chi connectivity index (χ2n) is 5.29. The van der Waals surface area contributed by atoms with Crippen molar-refractivity contribution < 1.29 is 4.74 Å². The lowest BCUT2D eigenvalue weighted by molar-refractivity contribution is 0.186. The summed E-state index contributed by atoms with van der Waals surface area (Å²) in [5.41, 5.74) is 9.32. The number of hydrogen-bond donors (Lipinski definition) is 1. The second kappa shape index (κ2) is 5.03. The zero-order chi connectivity index (χ0) is 16.0. The topological polar surface area (TPSA) is 96.1 Å². The number of para-hydroxylation sites is 1. The number of anilines is 1. The van der Waals surface area contributed by atoms with Gasteiger partial charge in [-0.2, -0.15) is 9.61 Å². The van der Waals surface area contributed by atoms with Crippen molar-refractivity contribution in [3.8, 4) is 11.4 Å². The van der Waals surface area contributed by atoms with Gasteiger partial charge in [0.2, 0.25) is 5.95 Å². The Morgan fingerprint density at radius 2 is 2.13 bits per heavy atom. The Hall–Kier alpha value is -3.00. The van der Waals surface area contributed by atoms with Gasteiger partial charge < -0.3 is 10.5 Å². The molecule has 23 heavy (non-hydrogen) atoms. The standard InChI is InChI=1S/C15H15N7O/c1-21-7-10(6-17-21)13-19-14-11-5-3-4-9(8-23-2)12(11)18-15(16)22(14)20-13/h3-7H,8H2,1-2H3,(H2,16,18). The van der Waals surface area contributed by atoms with Gasteiger partial charge in [-0.05, 0) is 6.07 Å². The summed E-state index contributed by atoms with van der Waals surface area (Å²) < 4.78 is 8.49. The van der Waals surface area contributed by atoms with Gasteiger partial charge in [0.1, 0.15) is 0 Å². The maximum atomic E-state index is 6.07. The van der Waals surface area contributed by atoms with E-state index in [0.29, 0.717) is 24.0 Å². The van der Waals surface area contributed by atoms with Crippen LogP contribution >= 0.6 is 0 Å². The smallest absolute Gasteiger partial charge is 0.223 e. The van der Waals surface area contributed by atoms with Crippen LogP contribution in [0, 0.1) is 0 Å². The molecule has 1 aromatic carbocycles. The number of aromatic nitrogens is 6. The van der Waals surface area contributed by atoms with Gasteiger partial charge in [0.05, 0.1) is 23.9 Å². The minimum atomic E-state index is 0.290. The van der Waals surface area contributed by atoms with Crippen molar-refractivity contribution >= 4 is 22.5 Å². The monoisotopic (exact) mass is 309 g/mol. The lowest BCUT2D eigenvalue weighted by Crippen LogP contribution is -2.04. The summed E-state index contributed by atoms with van der Waals surface area (Å²) in [5.74, 6) is 0.856. The average Bonchev–Trinajstić information content (AvgIpc) is 3.15. The molecule has 3 aromatic heterocycles. The fourth-order valence-electron chi connectivity index (χ4n) is 2.64. The molecule has 0 bridgehead atoms. The zero-order valence-corrected chi connectivity index (χ0v) is 12.8. The van der Waals surface area contributed by atoms with E-state index in [-0.39, 0.29) is 0 Å². The first kappa shape index (κ1) is 13.6. The highest BCUT2D eigenvalue weighted by atomic mass is 16.5. The molecule has 0 radical (unpaired) electrons. The second-order valence-corrected chi connectivity index (χ2v) is 5.29. The van der Waals surface area contributed by atoms with Gasteiger partial charge in [-0.1, -0.05) is 12.1 Å². The van der Waals surface area contributed by atoms with Crippen molar-refractivity contribution in [2.75, 3.05) is 12.8 Å². The predicted octanol–water partition coefficient (Wildman–Crippen LogP) is 1.41. The van der Waals surface area contributed by atoms with Gasteiger partial charge in [0.25, 0.3) is 0 Å². The number of fused-ring (bicyclic) bond motifs is 3. The van der Waals surface area contributed by atoms with E-state index >= 15 is 0 Å². The molecule has 116 valence electrons. The minimum Gasteiger partial charge on any atom is -0.380 e. The molecule has 0 fully saturated rings. The molecule has 0 saturated heterocycles. The van der Waals surface area contributed by atoms with Crippen LogP contribution in [0.3, 0.4) is 0 Å². The Balaban J connectivity index is 2.01. The Labute approximate surface area is 131 Å². The highest BCUT2D eigenvalue weighted by Crippen LogP contribution is 2.25. The summed E-state index contributed by atoms with van der Waals surface area (Å²) in [7, 11) is 3.50. The first-order chi connectivity index (χ1) is 11.2. The number of methoxy groups -OCH3 is 1. The third-order valence-electron chi connectivity index (χ3n) is 3.67. The number of ether oxygens (including phenoxy) is 1. The number of rotatable bonds is 3. The van der Waals surface area contributed by atoms with Crippen LogP contribution in [0.2, 0.25) is 0 Å². The number of aryl methyl sites for hydroxylation is 1. The Morgan fingerprint density at radius 3 is 2.87 bits per heavy atom. The highest BCUT2D eigenvalue weighted by Gasteiger charge is 2.15. The fraction of sp³-hybridized carbons (Fsp3) is 0.200. The van der Waals surface area contributed by atoms with Gasteiger partial charge in [-0.3, -0.25) is 4.68 Å². The third kappa shape index (κ3) is 2.11. The summed E-state index contributed by atoms with van der Waals surface area (Å²) in [5, 5.41) is 9.49. The summed E-state index contributed by atoms with van der Waals surface area (Å²) in [6.45, 7) is 0.462. The van der Waals surface area contributed by atoms with Gasteiger partial charge >= 0.3 is 0 Å². The van der Waals surface area contributed by atoms with Crippen LogP contribution in [-0.2, 0) is 18.4 Å². The molecule has 4 aromatic rings. The molecule has 0 saturated carbocycles. The predicted molar refractivity (Wildman–Crippen MR) is 85.6 cm³/mol. The normalized spacial score (nSPS) is 11.6. The molecule has 0 amide bonds. The van der Waals surface area contributed by atoms with E-state index < -0.39 is 0 Å². The molecule has 0 unspecified atom stereocenters. The molecule has 8 heteroatoms. The van der Waals surface area contributed by atoms with E-state index in [1.807, 2.05) is 31.4 Å². The molecule has 3 heterocycles. The molecule has 8 nitrogen and oxygen atoms in total. The largest absolute Gasteiger partial charge is 0.380 e. The van der Waals surface area contributed by atoms with Crippen LogP contribution in [0.15, 0.2) is 30.6 Å². The van der Waals surface area contributed by atoms with Crippen molar-refractivity contribution in [2.24, 2.45) is 7.05 Å². The summed E-state index contributed by atoms with van der Waals surface area (Å²) in [6.07, 6.45) is 3.58. The Bertz CT molecular complexity index is 1020. The van der Waals surface area contributed by atoms with Gasteiger partial charge in [0, 0.05) is 31.3 Å². The van der Waals surface area contributed by atoms with Gasteiger partial charge in [-0.15, -0.1) is 5.10 Å². The third-order valence-corrected chi connectivity index (χ3v) is 3.67. The van der Waals surface area contributed by atoms with Crippen LogP contribution in [0.1, 0.15) is 5.56 Å². The minimum absolute atomic E-state index is 0.290. The van der Waals surface area contributed by atoms with E-state index in [2.05, 4.69) is 20.2 Å². The Morgan fingerprint density at radius 1 is 1.26 bits per heavy atom. The van der Waals surface area contributed by atoms with Crippen molar-refractivity contribution in [3.63, 3.8) is 0 Å². The van der Waals surface area contributed by atoms with Crippen molar-refractivity contribution in [1.29, 1.82) is 0 Å². The number of nitrogens with two attached hydrogens (primary N) is 1. The van der Waals surface area contributed by atoms with E-state index in [4.69, 9.17) is 10.5 Å². The van der Waals surface area contributed by atoms with Crippen molar-refractivity contribution in [3.05, 3.63) is 36.2 Å². The first-order valence-electron chi connectivity index (χ1n) is 7.09. The number of benzene rings is 1. The van der Waals surface area contributed by atoms with E-state index in [9.17, 15) is 0 Å². The van der Waals surface area contributed by atoms with Crippen LogP contribution in [0.4, 0.5) is 5.95 Å². The highest BCUT2D eigenvalue weighted by molar-refractivity contribution is 5.94. The lowest BCUT2D eigenvalue weighted by atomic mass is 10.1. The molecule has 2 N–H and O–H groups in total. The van der Waals surface area contributed by atoms with E-state index in [1.165, 1.54) is 0 Å². The SMILES string of the molecule is COCc1cccc2c1nc(N)n1nc(-c3cnn(C)c3)nc21. The van der Waals surface area contributed by atoms with Crippen LogP contribution < -0.4 is 5.73 Å².